The van der Waals surface area contributed by atoms with Crippen LogP contribution in [-0.4, -0.2) is 33.7 Å². The molecule has 0 bridgehead atoms. The number of anilines is 1. The van der Waals surface area contributed by atoms with Crippen LogP contribution in [0.1, 0.15) is 16.8 Å². The third-order valence-corrected chi connectivity index (χ3v) is 3.92. The average Bonchev–Trinajstić information content (AvgIpc) is 2.89. The lowest BCUT2D eigenvalue weighted by atomic mass is 10.2. The number of fused-ring (bicyclic) bond motifs is 2. The van der Waals surface area contributed by atoms with E-state index in [2.05, 4.69) is 15.4 Å². The van der Waals surface area contributed by atoms with Gasteiger partial charge in [-0.1, -0.05) is 11.6 Å². The zero-order chi connectivity index (χ0) is 16.5. The summed E-state index contributed by atoms with van der Waals surface area (Å²) in [7, 11) is 0. The summed E-state index contributed by atoms with van der Waals surface area (Å²) in [5, 5.41) is 7.25. The van der Waals surface area contributed by atoms with E-state index < -0.39 is 0 Å². The van der Waals surface area contributed by atoms with E-state index in [4.69, 9.17) is 21.1 Å². The van der Waals surface area contributed by atoms with Crippen LogP contribution in [0.15, 0.2) is 36.8 Å². The van der Waals surface area contributed by atoms with Gasteiger partial charge in [0.05, 0.1) is 30.1 Å². The quantitative estimate of drug-likeness (QED) is 0.773. The van der Waals surface area contributed by atoms with Gasteiger partial charge in [0.2, 0.25) is 0 Å². The van der Waals surface area contributed by atoms with E-state index in [9.17, 15) is 4.79 Å². The Balaban J connectivity index is 1.65. The molecule has 0 aliphatic carbocycles. The Hall–Kier alpha value is -2.80. The Morgan fingerprint density at radius 2 is 2.04 bits per heavy atom. The van der Waals surface area contributed by atoms with Crippen molar-refractivity contribution < 1.29 is 14.3 Å². The Morgan fingerprint density at radius 3 is 2.88 bits per heavy atom. The van der Waals surface area contributed by atoms with Crippen LogP contribution in [0, 0.1) is 0 Å². The summed E-state index contributed by atoms with van der Waals surface area (Å²) in [5.74, 6) is 0.790. The summed E-state index contributed by atoms with van der Waals surface area (Å²) in [4.78, 5) is 16.7. The first-order valence-electron chi connectivity index (χ1n) is 7.41. The lowest BCUT2D eigenvalue weighted by Crippen LogP contribution is -2.12. The number of aromatic nitrogens is 3. The molecule has 3 aromatic rings. The third-order valence-electron chi connectivity index (χ3n) is 3.61. The third kappa shape index (κ3) is 2.63. The standard InChI is InChI=1S/C16H13ClN4O3/c17-11-7-13-14(24-6-2-5-23-13)8-12(11)20-16(22)10-9-19-21-4-1-3-18-15(10)21/h1,3-4,7-9H,2,5-6H2,(H,20,22). The zero-order valence-corrected chi connectivity index (χ0v) is 13.3. The topological polar surface area (TPSA) is 77.8 Å². The van der Waals surface area contributed by atoms with E-state index in [1.165, 1.54) is 10.7 Å². The molecule has 0 atom stereocenters. The summed E-state index contributed by atoms with van der Waals surface area (Å²) < 4.78 is 12.7. The molecule has 0 saturated heterocycles. The van der Waals surface area contributed by atoms with Crippen molar-refractivity contribution in [1.82, 2.24) is 14.6 Å². The maximum absolute atomic E-state index is 12.5. The molecule has 0 radical (unpaired) electrons. The number of hydrogen-bond donors (Lipinski definition) is 1. The molecule has 24 heavy (non-hydrogen) atoms. The monoisotopic (exact) mass is 344 g/mol. The minimum Gasteiger partial charge on any atom is -0.490 e. The molecule has 8 heteroatoms. The zero-order valence-electron chi connectivity index (χ0n) is 12.5. The van der Waals surface area contributed by atoms with Crippen molar-refractivity contribution in [2.45, 2.75) is 6.42 Å². The largest absolute Gasteiger partial charge is 0.490 e. The number of carbonyl (C=O) groups excluding carboxylic acids is 1. The smallest absolute Gasteiger partial charge is 0.261 e. The van der Waals surface area contributed by atoms with Crippen molar-refractivity contribution in [3.05, 3.63) is 47.4 Å². The Bertz CT molecular complexity index is 925. The fourth-order valence-electron chi connectivity index (χ4n) is 2.46. The van der Waals surface area contributed by atoms with E-state index in [-0.39, 0.29) is 5.91 Å². The van der Waals surface area contributed by atoms with Gasteiger partial charge in [-0.05, 0) is 6.07 Å². The molecule has 0 unspecified atom stereocenters. The minimum absolute atomic E-state index is 0.347. The predicted molar refractivity (Wildman–Crippen MR) is 88.0 cm³/mol. The van der Waals surface area contributed by atoms with Crippen LogP contribution in [0.4, 0.5) is 5.69 Å². The van der Waals surface area contributed by atoms with Gasteiger partial charge in [0.15, 0.2) is 17.1 Å². The van der Waals surface area contributed by atoms with Gasteiger partial charge in [0.1, 0.15) is 5.56 Å². The molecule has 1 aliphatic heterocycles. The van der Waals surface area contributed by atoms with Crippen molar-refractivity contribution in [3.8, 4) is 11.5 Å². The van der Waals surface area contributed by atoms with E-state index >= 15 is 0 Å². The van der Waals surface area contributed by atoms with Gasteiger partial charge in [-0.15, -0.1) is 0 Å². The normalized spacial score (nSPS) is 13.5. The second-order valence-corrected chi connectivity index (χ2v) is 5.64. The van der Waals surface area contributed by atoms with Crippen molar-refractivity contribution in [2.75, 3.05) is 18.5 Å². The number of hydrogen-bond acceptors (Lipinski definition) is 5. The number of rotatable bonds is 2. The SMILES string of the molecule is O=C(Nc1cc2c(cc1Cl)OCCCO2)c1cnn2cccnc12. The van der Waals surface area contributed by atoms with Crippen LogP contribution in [0.25, 0.3) is 5.65 Å². The maximum atomic E-state index is 12.5. The number of amides is 1. The molecule has 2 aromatic heterocycles. The van der Waals surface area contributed by atoms with Gasteiger partial charge in [0.25, 0.3) is 5.91 Å². The first kappa shape index (κ1) is 14.8. The highest BCUT2D eigenvalue weighted by Crippen LogP contribution is 2.37. The molecule has 0 spiro atoms. The second-order valence-electron chi connectivity index (χ2n) is 5.23. The summed E-state index contributed by atoms with van der Waals surface area (Å²) in [6.07, 6.45) is 5.59. The molecule has 0 saturated carbocycles. The molecule has 1 N–H and O–H groups in total. The highest BCUT2D eigenvalue weighted by molar-refractivity contribution is 6.34. The minimum atomic E-state index is -0.347. The van der Waals surface area contributed by atoms with Crippen molar-refractivity contribution in [2.24, 2.45) is 0 Å². The van der Waals surface area contributed by atoms with E-state index in [0.29, 0.717) is 46.6 Å². The number of nitrogens with one attached hydrogen (secondary N) is 1. The number of benzene rings is 1. The van der Waals surface area contributed by atoms with Gasteiger partial charge in [-0.2, -0.15) is 5.10 Å². The van der Waals surface area contributed by atoms with E-state index in [1.807, 2.05) is 0 Å². The van der Waals surface area contributed by atoms with Crippen LogP contribution in [0.3, 0.4) is 0 Å². The van der Waals surface area contributed by atoms with Crippen molar-refractivity contribution >= 4 is 28.8 Å². The van der Waals surface area contributed by atoms with Crippen LogP contribution in [-0.2, 0) is 0 Å². The lowest BCUT2D eigenvalue weighted by Gasteiger charge is -2.12. The van der Waals surface area contributed by atoms with Crippen LogP contribution in [0.5, 0.6) is 11.5 Å². The molecule has 4 rings (SSSR count). The first-order chi connectivity index (χ1) is 11.7. The fourth-order valence-corrected chi connectivity index (χ4v) is 2.66. The Labute approximate surface area is 142 Å². The Kier molecular flexibility index (Phi) is 3.70. The Morgan fingerprint density at radius 1 is 1.25 bits per heavy atom. The lowest BCUT2D eigenvalue weighted by molar-refractivity contribution is 0.102. The molecule has 0 fully saturated rings. The van der Waals surface area contributed by atoms with Gasteiger partial charge < -0.3 is 14.8 Å². The average molecular weight is 345 g/mol. The van der Waals surface area contributed by atoms with Crippen molar-refractivity contribution in [1.29, 1.82) is 0 Å². The number of carbonyl (C=O) groups is 1. The van der Waals surface area contributed by atoms with Crippen LogP contribution in [0.2, 0.25) is 5.02 Å². The second kappa shape index (κ2) is 6.01. The molecular formula is C16H13ClN4O3. The van der Waals surface area contributed by atoms with Gasteiger partial charge >= 0.3 is 0 Å². The summed E-state index contributed by atoms with van der Waals surface area (Å²) in [5.41, 5.74) is 1.28. The maximum Gasteiger partial charge on any atom is 0.261 e. The number of halogens is 1. The van der Waals surface area contributed by atoms with Crippen molar-refractivity contribution in [3.63, 3.8) is 0 Å². The predicted octanol–water partition coefficient (Wildman–Crippen LogP) is 2.80. The van der Waals surface area contributed by atoms with E-state index in [1.54, 1.807) is 30.6 Å². The first-order valence-corrected chi connectivity index (χ1v) is 7.79. The van der Waals surface area contributed by atoms with E-state index in [0.717, 1.165) is 6.42 Å². The fraction of sp³-hybridized carbons (Fsp3) is 0.188. The van der Waals surface area contributed by atoms with Gasteiger partial charge in [-0.25, -0.2) is 9.50 Å². The highest BCUT2D eigenvalue weighted by atomic mass is 35.5. The summed E-state index contributed by atoms with van der Waals surface area (Å²) in [6, 6.07) is 5.05. The molecule has 7 nitrogen and oxygen atoms in total. The highest BCUT2D eigenvalue weighted by Gasteiger charge is 2.18. The van der Waals surface area contributed by atoms with Gasteiger partial charge in [-0.3, -0.25) is 4.79 Å². The van der Waals surface area contributed by atoms with Crippen LogP contribution < -0.4 is 14.8 Å². The summed E-state index contributed by atoms with van der Waals surface area (Å²) >= 11 is 6.25. The van der Waals surface area contributed by atoms with Crippen LogP contribution >= 0.6 is 11.6 Å². The number of nitrogens with zero attached hydrogens (tertiary/aromatic N) is 3. The molecule has 1 aromatic carbocycles. The molecular weight excluding hydrogens is 332 g/mol. The molecule has 122 valence electrons. The molecule has 1 amide bonds. The summed E-state index contributed by atoms with van der Waals surface area (Å²) in [6.45, 7) is 1.13. The molecule has 3 heterocycles. The number of ether oxygens (including phenoxy) is 2. The molecule has 1 aliphatic rings. The van der Waals surface area contributed by atoms with Gasteiger partial charge in [0, 0.05) is 30.9 Å².